The minimum Gasteiger partial charge on any atom is -0.354 e. The standard InChI is InChI=1S/C13H23N3O2/c17-12(11-5-1-2-6-11)14-7-8-15-13(18)16-9-3-4-10-16/h11H,1-10H2,(H,14,17)(H,15,18). The third-order valence-electron chi connectivity index (χ3n) is 3.82. The van der Waals surface area contributed by atoms with Gasteiger partial charge in [-0.05, 0) is 25.7 Å². The van der Waals surface area contributed by atoms with E-state index in [0.717, 1.165) is 38.8 Å². The summed E-state index contributed by atoms with van der Waals surface area (Å²) in [6, 6.07) is 0.00242. The fourth-order valence-electron chi connectivity index (χ4n) is 2.72. The maximum absolute atomic E-state index is 11.7. The van der Waals surface area contributed by atoms with Crippen LogP contribution >= 0.6 is 0 Å². The molecular formula is C13H23N3O2. The van der Waals surface area contributed by atoms with E-state index < -0.39 is 0 Å². The van der Waals surface area contributed by atoms with Crippen molar-refractivity contribution in [3.8, 4) is 0 Å². The first-order valence-corrected chi connectivity index (χ1v) is 7.08. The average Bonchev–Trinajstić information content (AvgIpc) is 3.05. The van der Waals surface area contributed by atoms with Gasteiger partial charge in [-0.25, -0.2) is 4.79 Å². The highest BCUT2D eigenvalue weighted by Crippen LogP contribution is 2.24. The van der Waals surface area contributed by atoms with Crippen LogP contribution < -0.4 is 10.6 Å². The second-order valence-corrected chi connectivity index (χ2v) is 5.20. The third kappa shape index (κ3) is 3.62. The van der Waals surface area contributed by atoms with Crippen LogP contribution in [0.3, 0.4) is 0 Å². The fraction of sp³-hybridized carbons (Fsp3) is 0.846. The topological polar surface area (TPSA) is 61.4 Å². The summed E-state index contributed by atoms with van der Waals surface area (Å²) >= 11 is 0. The molecule has 5 heteroatoms. The molecule has 0 aromatic heterocycles. The van der Waals surface area contributed by atoms with Crippen molar-refractivity contribution >= 4 is 11.9 Å². The van der Waals surface area contributed by atoms with E-state index >= 15 is 0 Å². The largest absolute Gasteiger partial charge is 0.354 e. The fourth-order valence-corrected chi connectivity index (χ4v) is 2.72. The van der Waals surface area contributed by atoms with Gasteiger partial charge in [0.05, 0.1) is 0 Å². The molecule has 18 heavy (non-hydrogen) atoms. The summed E-state index contributed by atoms with van der Waals surface area (Å²) in [5, 5.41) is 5.74. The zero-order valence-electron chi connectivity index (χ0n) is 10.9. The molecule has 0 aromatic rings. The van der Waals surface area contributed by atoms with Gasteiger partial charge in [-0.2, -0.15) is 0 Å². The summed E-state index contributed by atoms with van der Waals surface area (Å²) in [5.41, 5.74) is 0. The maximum atomic E-state index is 11.7. The molecule has 1 aliphatic heterocycles. The summed E-state index contributed by atoms with van der Waals surface area (Å²) in [6.45, 7) is 2.78. The van der Waals surface area contributed by atoms with Crippen molar-refractivity contribution in [1.82, 2.24) is 15.5 Å². The highest BCUT2D eigenvalue weighted by molar-refractivity contribution is 5.79. The van der Waals surface area contributed by atoms with E-state index in [4.69, 9.17) is 0 Å². The number of urea groups is 1. The van der Waals surface area contributed by atoms with Gasteiger partial charge >= 0.3 is 6.03 Å². The van der Waals surface area contributed by atoms with Crippen molar-refractivity contribution in [2.24, 2.45) is 5.92 Å². The summed E-state index contributed by atoms with van der Waals surface area (Å²) < 4.78 is 0. The van der Waals surface area contributed by atoms with Gasteiger partial charge in [-0.1, -0.05) is 12.8 Å². The number of nitrogens with one attached hydrogen (secondary N) is 2. The highest BCUT2D eigenvalue weighted by Gasteiger charge is 2.22. The van der Waals surface area contributed by atoms with Crippen LogP contribution in [-0.2, 0) is 4.79 Å². The van der Waals surface area contributed by atoms with E-state index in [-0.39, 0.29) is 17.9 Å². The molecule has 0 aromatic carbocycles. The van der Waals surface area contributed by atoms with E-state index in [1.54, 1.807) is 0 Å². The van der Waals surface area contributed by atoms with Crippen molar-refractivity contribution in [2.75, 3.05) is 26.2 Å². The van der Waals surface area contributed by atoms with Crippen LogP contribution in [0.4, 0.5) is 4.79 Å². The van der Waals surface area contributed by atoms with E-state index in [2.05, 4.69) is 10.6 Å². The molecule has 102 valence electrons. The Kier molecular flexibility index (Phi) is 4.84. The van der Waals surface area contributed by atoms with Crippen LogP contribution in [0, 0.1) is 5.92 Å². The zero-order chi connectivity index (χ0) is 12.8. The van der Waals surface area contributed by atoms with Gasteiger partial charge in [-0.15, -0.1) is 0 Å². The van der Waals surface area contributed by atoms with Crippen LogP contribution in [0.1, 0.15) is 38.5 Å². The lowest BCUT2D eigenvalue weighted by molar-refractivity contribution is -0.124. The molecular weight excluding hydrogens is 230 g/mol. The van der Waals surface area contributed by atoms with E-state index in [0.29, 0.717) is 13.1 Å². The second kappa shape index (κ2) is 6.61. The molecule has 2 fully saturated rings. The lowest BCUT2D eigenvalue weighted by Crippen LogP contribution is -2.42. The minimum atomic E-state index is 0.00242. The molecule has 1 saturated carbocycles. The van der Waals surface area contributed by atoms with E-state index in [1.807, 2.05) is 4.90 Å². The van der Waals surface area contributed by atoms with E-state index in [9.17, 15) is 9.59 Å². The number of nitrogens with zero attached hydrogens (tertiary/aromatic N) is 1. The number of amides is 3. The Morgan fingerprint density at radius 3 is 2.22 bits per heavy atom. The van der Waals surface area contributed by atoms with Crippen LogP contribution in [0.15, 0.2) is 0 Å². The van der Waals surface area contributed by atoms with Crippen molar-refractivity contribution < 1.29 is 9.59 Å². The molecule has 0 spiro atoms. The lowest BCUT2D eigenvalue weighted by Gasteiger charge is -2.16. The van der Waals surface area contributed by atoms with Gasteiger partial charge < -0.3 is 15.5 Å². The Labute approximate surface area is 108 Å². The van der Waals surface area contributed by atoms with Crippen molar-refractivity contribution in [2.45, 2.75) is 38.5 Å². The molecule has 2 rings (SSSR count). The van der Waals surface area contributed by atoms with Crippen molar-refractivity contribution in [3.63, 3.8) is 0 Å². The summed E-state index contributed by atoms with van der Waals surface area (Å²) in [5.74, 6) is 0.363. The van der Waals surface area contributed by atoms with Gasteiger partial charge in [0.15, 0.2) is 0 Å². The quantitative estimate of drug-likeness (QED) is 0.737. The van der Waals surface area contributed by atoms with Crippen LogP contribution in [0.25, 0.3) is 0 Å². The Balaban J connectivity index is 1.55. The lowest BCUT2D eigenvalue weighted by atomic mass is 10.1. The summed E-state index contributed by atoms with van der Waals surface area (Å²) in [6.07, 6.45) is 6.59. The number of rotatable bonds is 4. The van der Waals surface area contributed by atoms with Gasteiger partial charge in [0.25, 0.3) is 0 Å². The van der Waals surface area contributed by atoms with Crippen LogP contribution in [0.2, 0.25) is 0 Å². The molecule has 2 aliphatic rings. The molecule has 3 amide bonds. The van der Waals surface area contributed by atoms with Gasteiger partial charge in [0.1, 0.15) is 0 Å². The monoisotopic (exact) mass is 253 g/mol. The molecule has 1 aliphatic carbocycles. The molecule has 0 bridgehead atoms. The second-order valence-electron chi connectivity index (χ2n) is 5.20. The summed E-state index contributed by atoms with van der Waals surface area (Å²) in [4.78, 5) is 25.2. The number of likely N-dealkylation sites (tertiary alicyclic amines) is 1. The Morgan fingerprint density at radius 1 is 0.944 bits per heavy atom. The number of carbonyl (C=O) groups is 2. The third-order valence-corrected chi connectivity index (χ3v) is 3.82. The molecule has 2 N–H and O–H groups in total. The molecule has 0 atom stereocenters. The number of hydrogen-bond acceptors (Lipinski definition) is 2. The predicted octanol–water partition coefficient (Wildman–Crippen LogP) is 1.10. The van der Waals surface area contributed by atoms with Gasteiger partial charge in [0, 0.05) is 32.1 Å². The molecule has 0 unspecified atom stereocenters. The first kappa shape index (κ1) is 13.2. The van der Waals surface area contributed by atoms with Crippen LogP contribution in [-0.4, -0.2) is 43.0 Å². The van der Waals surface area contributed by atoms with Gasteiger partial charge in [0.2, 0.25) is 5.91 Å². The summed E-state index contributed by atoms with van der Waals surface area (Å²) in [7, 11) is 0. The zero-order valence-corrected chi connectivity index (χ0v) is 10.9. The molecule has 0 radical (unpaired) electrons. The van der Waals surface area contributed by atoms with Gasteiger partial charge in [-0.3, -0.25) is 4.79 Å². The molecule has 1 heterocycles. The minimum absolute atomic E-state index is 0.00242. The first-order chi connectivity index (χ1) is 8.77. The maximum Gasteiger partial charge on any atom is 0.317 e. The SMILES string of the molecule is O=C(NCCNC(=O)N1CCCC1)C1CCCC1. The average molecular weight is 253 g/mol. The molecule has 1 saturated heterocycles. The van der Waals surface area contributed by atoms with E-state index in [1.165, 1.54) is 12.8 Å². The number of carbonyl (C=O) groups excluding carboxylic acids is 2. The first-order valence-electron chi connectivity index (χ1n) is 7.08. The highest BCUT2D eigenvalue weighted by atomic mass is 16.2. The van der Waals surface area contributed by atoms with Crippen molar-refractivity contribution in [3.05, 3.63) is 0 Å². The Hall–Kier alpha value is -1.26. The predicted molar refractivity (Wildman–Crippen MR) is 69.2 cm³/mol. The Morgan fingerprint density at radius 2 is 1.56 bits per heavy atom. The Bertz CT molecular complexity index is 265. The smallest absolute Gasteiger partial charge is 0.317 e. The number of hydrogen-bond donors (Lipinski definition) is 2. The van der Waals surface area contributed by atoms with Crippen molar-refractivity contribution in [1.29, 1.82) is 0 Å². The normalized spacial score (nSPS) is 20.1. The molecule has 5 nitrogen and oxygen atoms in total. The van der Waals surface area contributed by atoms with Crippen LogP contribution in [0.5, 0.6) is 0 Å².